The molecule has 1 aromatic rings. The molecular formula is C12H15ClN2O2S2. The van der Waals surface area contributed by atoms with Crippen LogP contribution in [0.15, 0.2) is 23.1 Å². The van der Waals surface area contributed by atoms with E-state index in [1.165, 1.54) is 12.1 Å². The molecule has 1 unspecified atom stereocenters. The molecule has 19 heavy (non-hydrogen) atoms. The minimum atomic E-state index is -3.65. The normalized spacial score (nSPS) is 21.1. The van der Waals surface area contributed by atoms with Crippen LogP contribution in [-0.2, 0) is 10.0 Å². The van der Waals surface area contributed by atoms with Crippen LogP contribution in [0, 0.1) is 5.41 Å². The van der Waals surface area contributed by atoms with Gasteiger partial charge in [-0.2, -0.15) is 0 Å². The van der Waals surface area contributed by atoms with E-state index in [1.807, 2.05) is 13.8 Å². The molecule has 1 atom stereocenters. The van der Waals surface area contributed by atoms with Crippen molar-refractivity contribution in [3.8, 4) is 0 Å². The molecule has 104 valence electrons. The van der Waals surface area contributed by atoms with Gasteiger partial charge < -0.3 is 5.73 Å². The molecule has 0 bridgehead atoms. The van der Waals surface area contributed by atoms with E-state index in [2.05, 4.69) is 4.72 Å². The van der Waals surface area contributed by atoms with Crippen molar-refractivity contribution in [2.45, 2.75) is 31.2 Å². The summed E-state index contributed by atoms with van der Waals surface area (Å²) in [4.78, 5) is 0.155. The molecular weight excluding hydrogens is 304 g/mol. The van der Waals surface area contributed by atoms with E-state index in [4.69, 9.17) is 29.6 Å². The molecule has 1 saturated carbocycles. The van der Waals surface area contributed by atoms with Crippen LogP contribution in [0.25, 0.3) is 0 Å². The van der Waals surface area contributed by atoms with Crippen molar-refractivity contribution >= 4 is 38.8 Å². The Kier molecular flexibility index (Phi) is 3.64. The van der Waals surface area contributed by atoms with Crippen molar-refractivity contribution in [3.05, 3.63) is 28.8 Å². The maximum Gasteiger partial charge on any atom is 0.242 e. The van der Waals surface area contributed by atoms with E-state index in [-0.39, 0.29) is 26.4 Å². The quantitative estimate of drug-likeness (QED) is 0.833. The Bertz CT molecular complexity index is 641. The third kappa shape index (κ3) is 3.08. The molecule has 4 nitrogen and oxygen atoms in total. The maximum atomic E-state index is 12.3. The lowest BCUT2D eigenvalue weighted by atomic mass is 10.2. The van der Waals surface area contributed by atoms with E-state index in [9.17, 15) is 8.42 Å². The van der Waals surface area contributed by atoms with Gasteiger partial charge in [-0.25, -0.2) is 13.1 Å². The van der Waals surface area contributed by atoms with Crippen molar-refractivity contribution in [3.63, 3.8) is 0 Å². The van der Waals surface area contributed by atoms with Gasteiger partial charge in [-0.1, -0.05) is 43.7 Å². The van der Waals surface area contributed by atoms with Crippen molar-refractivity contribution in [2.24, 2.45) is 11.1 Å². The predicted molar refractivity (Wildman–Crippen MR) is 79.8 cm³/mol. The number of nitrogens with two attached hydrogens (primary N) is 1. The first-order chi connectivity index (χ1) is 8.63. The fourth-order valence-electron chi connectivity index (χ4n) is 1.78. The molecule has 2 rings (SSSR count). The molecule has 0 heterocycles. The highest BCUT2D eigenvalue weighted by atomic mass is 35.5. The molecule has 0 amide bonds. The van der Waals surface area contributed by atoms with Gasteiger partial charge in [0.15, 0.2) is 0 Å². The van der Waals surface area contributed by atoms with Crippen LogP contribution in [0.1, 0.15) is 25.8 Å². The van der Waals surface area contributed by atoms with Gasteiger partial charge in [-0.3, -0.25) is 0 Å². The van der Waals surface area contributed by atoms with Gasteiger partial charge in [0.2, 0.25) is 10.0 Å². The summed E-state index contributed by atoms with van der Waals surface area (Å²) in [5.74, 6) is 0. The van der Waals surface area contributed by atoms with E-state index in [1.54, 1.807) is 6.07 Å². The van der Waals surface area contributed by atoms with E-state index in [0.29, 0.717) is 5.56 Å². The zero-order valence-electron chi connectivity index (χ0n) is 10.6. The molecule has 1 aliphatic rings. The summed E-state index contributed by atoms with van der Waals surface area (Å²) in [6, 6.07) is 4.44. The number of sulfonamides is 1. The Morgan fingerprint density at radius 3 is 2.58 bits per heavy atom. The van der Waals surface area contributed by atoms with Gasteiger partial charge in [-0.05, 0) is 24.0 Å². The number of halogens is 1. The molecule has 0 saturated heterocycles. The fourth-order valence-corrected chi connectivity index (χ4v) is 3.84. The Labute approximate surface area is 123 Å². The summed E-state index contributed by atoms with van der Waals surface area (Å²) >= 11 is 10.8. The number of hydrogen-bond donors (Lipinski definition) is 2. The number of rotatable bonds is 4. The van der Waals surface area contributed by atoms with Crippen LogP contribution in [0.2, 0.25) is 5.02 Å². The molecule has 3 N–H and O–H groups in total. The summed E-state index contributed by atoms with van der Waals surface area (Å²) in [5.41, 5.74) is 5.99. The molecule has 7 heteroatoms. The first-order valence-corrected chi connectivity index (χ1v) is 8.02. The monoisotopic (exact) mass is 318 g/mol. The number of thiocarbonyl (C=S) groups is 1. The van der Waals surface area contributed by atoms with E-state index >= 15 is 0 Å². The van der Waals surface area contributed by atoms with E-state index in [0.717, 1.165) is 6.42 Å². The second-order valence-electron chi connectivity index (χ2n) is 5.38. The predicted octanol–water partition coefficient (Wildman–Crippen LogP) is 2.05. The van der Waals surface area contributed by atoms with Gasteiger partial charge in [0, 0.05) is 11.6 Å². The van der Waals surface area contributed by atoms with Gasteiger partial charge in [0.05, 0.1) is 5.02 Å². The lowest BCUT2D eigenvalue weighted by Crippen LogP contribution is -2.29. The molecule has 1 aromatic carbocycles. The molecule has 0 aromatic heterocycles. The fraction of sp³-hybridized carbons (Fsp3) is 0.417. The topological polar surface area (TPSA) is 72.2 Å². The minimum absolute atomic E-state index is 0.000322. The van der Waals surface area contributed by atoms with Crippen LogP contribution in [-0.4, -0.2) is 19.4 Å². The lowest BCUT2D eigenvalue weighted by molar-refractivity contribution is 0.555. The summed E-state index contributed by atoms with van der Waals surface area (Å²) in [6.07, 6.45) is 0.818. The second-order valence-corrected chi connectivity index (χ2v) is 7.91. The van der Waals surface area contributed by atoms with Crippen LogP contribution in [0.3, 0.4) is 0 Å². The molecule has 1 aliphatic carbocycles. The van der Waals surface area contributed by atoms with Crippen molar-refractivity contribution in [1.82, 2.24) is 4.72 Å². The SMILES string of the molecule is CC1(C)CC1NS(=O)(=O)c1cc(C(N)=S)ccc1Cl. The lowest BCUT2D eigenvalue weighted by Gasteiger charge is -2.11. The average molecular weight is 319 g/mol. The number of nitrogens with one attached hydrogen (secondary N) is 1. The van der Waals surface area contributed by atoms with Gasteiger partial charge in [0.25, 0.3) is 0 Å². The Balaban J connectivity index is 2.35. The molecule has 0 aliphatic heterocycles. The van der Waals surface area contributed by atoms with Crippen molar-refractivity contribution in [2.75, 3.05) is 0 Å². The Morgan fingerprint density at radius 2 is 2.11 bits per heavy atom. The van der Waals surface area contributed by atoms with Crippen LogP contribution in [0.5, 0.6) is 0 Å². The van der Waals surface area contributed by atoms with Crippen molar-refractivity contribution < 1.29 is 8.42 Å². The summed E-state index contributed by atoms with van der Waals surface area (Å²) in [5, 5.41) is 0.158. The van der Waals surface area contributed by atoms with Crippen LogP contribution in [0.4, 0.5) is 0 Å². The third-order valence-corrected chi connectivity index (χ3v) is 5.51. The van der Waals surface area contributed by atoms with Crippen molar-refractivity contribution in [1.29, 1.82) is 0 Å². The van der Waals surface area contributed by atoms with Crippen LogP contribution < -0.4 is 10.5 Å². The van der Waals surface area contributed by atoms with Gasteiger partial charge in [-0.15, -0.1) is 0 Å². The zero-order valence-corrected chi connectivity index (χ0v) is 13.0. The highest BCUT2D eigenvalue weighted by molar-refractivity contribution is 7.89. The highest BCUT2D eigenvalue weighted by Gasteiger charge is 2.48. The second kappa shape index (κ2) is 4.70. The first kappa shape index (κ1) is 14.7. The Morgan fingerprint density at radius 1 is 1.53 bits per heavy atom. The third-order valence-electron chi connectivity index (χ3n) is 3.32. The van der Waals surface area contributed by atoms with Gasteiger partial charge in [0.1, 0.15) is 9.88 Å². The largest absolute Gasteiger partial charge is 0.389 e. The maximum absolute atomic E-state index is 12.3. The summed E-state index contributed by atoms with van der Waals surface area (Å²) in [7, 11) is -3.65. The van der Waals surface area contributed by atoms with Crippen LogP contribution >= 0.6 is 23.8 Å². The number of benzene rings is 1. The molecule has 0 radical (unpaired) electrons. The first-order valence-electron chi connectivity index (χ1n) is 5.75. The van der Waals surface area contributed by atoms with E-state index < -0.39 is 10.0 Å². The number of hydrogen-bond acceptors (Lipinski definition) is 3. The standard InChI is InChI=1S/C12H15ClN2O2S2/c1-12(2)6-10(12)15-19(16,17)9-5-7(11(14)18)3-4-8(9)13/h3-5,10,15H,6H2,1-2H3,(H2,14,18). The summed E-state index contributed by atoms with van der Waals surface area (Å²) in [6.45, 7) is 4.01. The minimum Gasteiger partial charge on any atom is -0.389 e. The van der Waals surface area contributed by atoms with Gasteiger partial charge >= 0.3 is 0 Å². The average Bonchev–Trinajstić information content (AvgIpc) is 2.84. The summed E-state index contributed by atoms with van der Waals surface area (Å²) < 4.78 is 27.2. The zero-order chi connectivity index (χ0) is 14.4. The smallest absolute Gasteiger partial charge is 0.242 e. The Hall–Kier alpha value is -0.690. The molecule has 1 fully saturated rings. The highest BCUT2D eigenvalue weighted by Crippen LogP contribution is 2.45. The molecule has 0 spiro atoms.